The molecule has 0 unspecified atom stereocenters. The summed E-state index contributed by atoms with van der Waals surface area (Å²) in [7, 11) is 0. The lowest BCUT2D eigenvalue weighted by Gasteiger charge is -2.10. The highest BCUT2D eigenvalue weighted by atomic mass is 32.1. The SMILES string of the molecule is O=c1c2ccccc2c2cccc3c4cc(-c5cccc6sc7ccc(-n8c9ccccc9c9c%10oc%11ccccc%11c%10ccc98)cc7c56)ccc4n1c23. The van der Waals surface area contributed by atoms with Gasteiger partial charge in [-0.05, 0) is 83.2 Å². The molecule has 250 valence electrons. The van der Waals surface area contributed by atoms with E-state index in [1.165, 1.54) is 31.1 Å². The van der Waals surface area contributed by atoms with Gasteiger partial charge in [-0.1, -0.05) is 91.0 Å². The summed E-state index contributed by atoms with van der Waals surface area (Å²) in [5, 5.41) is 12.1. The Morgan fingerprint density at radius 2 is 1.20 bits per heavy atom. The molecule has 0 saturated carbocycles. The van der Waals surface area contributed by atoms with Crippen LogP contribution in [0.4, 0.5) is 0 Å². The normalized spacial score (nSPS) is 12.5. The van der Waals surface area contributed by atoms with Gasteiger partial charge in [-0.2, -0.15) is 0 Å². The maximum atomic E-state index is 14.0. The summed E-state index contributed by atoms with van der Waals surface area (Å²) in [5.41, 5.74) is 9.50. The fourth-order valence-corrected chi connectivity index (χ4v) is 10.5. The molecule has 0 saturated heterocycles. The van der Waals surface area contributed by atoms with E-state index in [2.05, 4.69) is 138 Å². The van der Waals surface area contributed by atoms with E-state index in [1.54, 1.807) is 0 Å². The first kappa shape index (κ1) is 28.6. The summed E-state index contributed by atoms with van der Waals surface area (Å²) in [6, 6.07) is 55.9. The molecule has 0 atom stereocenters. The fraction of sp³-hybridized carbons (Fsp3) is 0. The van der Waals surface area contributed by atoms with E-state index in [0.29, 0.717) is 0 Å². The molecular formula is C49H26N2O2S. The van der Waals surface area contributed by atoms with Crippen molar-refractivity contribution in [3.63, 3.8) is 0 Å². The molecule has 0 fully saturated rings. The number of nitrogens with zero attached hydrogens (tertiary/aromatic N) is 2. The second-order valence-electron chi connectivity index (χ2n) is 14.4. The highest BCUT2D eigenvalue weighted by Crippen LogP contribution is 2.45. The lowest BCUT2D eigenvalue weighted by atomic mass is 9.97. The van der Waals surface area contributed by atoms with Gasteiger partial charge in [0.05, 0.1) is 27.5 Å². The van der Waals surface area contributed by atoms with Crippen molar-refractivity contribution in [2.75, 3.05) is 0 Å². The molecule has 0 spiro atoms. The van der Waals surface area contributed by atoms with Crippen LogP contribution in [0.2, 0.25) is 0 Å². The van der Waals surface area contributed by atoms with Crippen molar-refractivity contribution in [1.82, 2.24) is 8.97 Å². The zero-order valence-electron chi connectivity index (χ0n) is 28.6. The maximum absolute atomic E-state index is 14.0. The van der Waals surface area contributed by atoms with Gasteiger partial charge in [0.15, 0.2) is 0 Å². The van der Waals surface area contributed by atoms with Crippen LogP contribution in [0.1, 0.15) is 0 Å². The summed E-state index contributed by atoms with van der Waals surface area (Å²) >= 11 is 1.83. The Morgan fingerprint density at radius 3 is 2.11 bits per heavy atom. The number of benzene rings is 8. The minimum atomic E-state index is 0.0293. The van der Waals surface area contributed by atoms with Gasteiger partial charge in [-0.25, -0.2) is 0 Å². The van der Waals surface area contributed by atoms with E-state index in [9.17, 15) is 4.79 Å². The second kappa shape index (κ2) is 10.1. The van der Waals surface area contributed by atoms with Crippen LogP contribution in [0.3, 0.4) is 0 Å². The first-order chi connectivity index (χ1) is 26.7. The summed E-state index contributed by atoms with van der Waals surface area (Å²) in [6.07, 6.45) is 0. The van der Waals surface area contributed by atoms with E-state index < -0.39 is 0 Å². The van der Waals surface area contributed by atoms with Crippen LogP contribution in [0.5, 0.6) is 0 Å². The summed E-state index contributed by atoms with van der Waals surface area (Å²) in [6.45, 7) is 0. The molecule has 0 radical (unpaired) electrons. The van der Waals surface area contributed by atoms with Crippen molar-refractivity contribution in [1.29, 1.82) is 0 Å². The van der Waals surface area contributed by atoms with E-state index in [4.69, 9.17) is 4.42 Å². The molecule has 0 aliphatic heterocycles. The molecule has 54 heavy (non-hydrogen) atoms. The van der Waals surface area contributed by atoms with E-state index in [0.717, 1.165) is 87.6 Å². The van der Waals surface area contributed by atoms with Crippen molar-refractivity contribution in [2.45, 2.75) is 0 Å². The third kappa shape index (κ3) is 3.54. The average molecular weight is 707 g/mol. The number of fused-ring (bicyclic) bond motifs is 15. The Kier molecular flexibility index (Phi) is 5.37. The smallest absolute Gasteiger partial charge is 0.263 e. The fourth-order valence-electron chi connectivity index (χ4n) is 9.40. The van der Waals surface area contributed by atoms with Crippen LogP contribution in [-0.2, 0) is 0 Å². The Bertz CT molecular complexity index is 3820. The molecule has 4 nitrogen and oxygen atoms in total. The number of pyridine rings is 1. The zero-order valence-corrected chi connectivity index (χ0v) is 29.4. The van der Waals surface area contributed by atoms with Gasteiger partial charge in [0, 0.05) is 63.6 Å². The van der Waals surface area contributed by atoms with Crippen LogP contribution in [-0.4, -0.2) is 8.97 Å². The standard InChI is InChI=1S/C49H26N2O2S/c52-49-35-11-2-1-9-30(35)32-14-7-15-33-37-25-27(19-22-40(37)51(49)47(32)33)29-13-8-18-44-45(29)38-26-28(20-24-43(38)54-44)50-39-16-5-3-12-36(39)46-41(50)23-21-34-31-10-4-6-17-42(31)53-48(34)46/h1-26H. The Morgan fingerprint density at radius 1 is 0.463 bits per heavy atom. The van der Waals surface area contributed by atoms with Crippen molar-refractivity contribution in [3.05, 3.63) is 168 Å². The summed E-state index contributed by atoms with van der Waals surface area (Å²) < 4.78 is 13.4. The quantitative estimate of drug-likeness (QED) is 0.168. The zero-order chi connectivity index (χ0) is 35.2. The second-order valence-corrected chi connectivity index (χ2v) is 15.5. The molecule has 0 bridgehead atoms. The minimum absolute atomic E-state index is 0.0293. The van der Waals surface area contributed by atoms with Gasteiger partial charge in [-0.15, -0.1) is 11.3 Å². The molecule has 13 rings (SSSR count). The molecule has 0 N–H and O–H groups in total. The van der Waals surface area contributed by atoms with Gasteiger partial charge in [0.1, 0.15) is 11.2 Å². The van der Waals surface area contributed by atoms with E-state index in [1.807, 2.05) is 40.0 Å². The number of para-hydroxylation sites is 3. The van der Waals surface area contributed by atoms with Crippen LogP contribution in [0.15, 0.2) is 167 Å². The number of furan rings is 1. The first-order valence-electron chi connectivity index (χ1n) is 18.2. The van der Waals surface area contributed by atoms with Crippen molar-refractivity contribution >= 4 is 113 Å². The van der Waals surface area contributed by atoms with Crippen LogP contribution in [0, 0.1) is 0 Å². The molecule has 13 aromatic rings. The van der Waals surface area contributed by atoms with Crippen molar-refractivity contribution < 1.29 is 4.42 Å². The minimum Gasteiger partial charge on any atom is -0.455 e. The number of rotatable bonds is 2. The van der Waals surface area contributed by atoms with Gasteiger partial charge < -0.3 is 8.98 Å². The number of aromatic nitrogens is 2. The average Bonchev–Trinajstić information content (AvgIpc) is 3.97. The topological polar surface area (TPSA) is 39.5 Å². The predicted octanol–water partition coefficient (Wildman–Crippen LogP) is 13.2. The van der Waals surface area contributed by atoms with E-state index in [-0.39, 0.29) is 5.56 Å². The molecule has 0 aliphatic rings. The largest absolute Gasteiger partial charge is 0.455 e. The van der Waals surface area contributed by atoms with Crippen LogP contribution < -0.4 is 5.56 Å². The Labute approximate surface area is 310 Å². The van der Waals surface area contributed by atoms with Crippen LogP contribution >= 0.6 is 11.3 Å². The van der Waals surface area contributed by atoms with Gasteiger partial charge in [-0.3, -0.25) is 9.20 Å². The number of thiophene rings is 1. The molecule has 5 aromatic heterocycles. The molecule has 5 heteroatoms. The lowest BCUT2D eigenvalue weighted by molar-refractivity contribution is 0.673. The Balaban J connectivity index is 1.07. The highest BCUT2D eigenvalue weighted by Gasteiger charge is 2.21. The lowest BCUT2D eigenvalue weighted by Crippen LogP contribution is -2.12. The number of hydrogen-bond acceptors (Lipinski definition) is 3. The third-order valence-electron chi connectivity index (χ3n) is 11.7. The third-order valence-corrected chi connectivity index (χ3v) is 12.8. The van der Waals surface area contributed by atoms with Gasteiger partial charge in [0.2, 0.25) is 0 Å². The predicted molar refractivity (Wildman–Crippen MR) is 227 cm³/mol. The number of hydrogen-bond donors (Lipinski definition) is 0. The monoisotopic (exact) mass is 706 g/mol. The molecule has 8 aromatic carbocycles. The van der Waals surface area contributed by atoms with Gasteiger partial charge in [0.25, 0.3) is 5.56 Å². The van der Waals surface area contributed by atoms with Crippen molar-refractivity contribution in [3.8, 4) is 16.8 Å². The van der Waals surface area contributed by atoms with Crippen LogP contribution in [0.25, 0.3) is 119 Å². The summed E-state index contributed by atoms with van der Waals surface area (Å²) in [4.78, 5) is 14.0. The van der Waals surface area contributed by atoms with Gasteiger partial charge >= 0.3 is 0 Å². The Hall–Kier alpha value is -6.95. The maximum Gasteiger partial charge on any atom is 0.263 e. The van der Waals surface area contributed by atoms with Crippen molar-refractivity contribution in [2.24, 2.45) is 0 Å². The molecular weight excluding hydrogens is 681 g/mol. The highest BCUT2D eigenvalue weighted by molar-refractivity contribution is 7.26. The molecule has 0 aliphatic carbocycles. The van der Waals surface area contributed by atoms with E-state index >= 15 is 0 Å². The summed E-state index contributed by atoms with van der Waals surface area (Å²) in [5.74, 6) is 0. The first-order valence-corrected chi connectivity index (χ1v) is 19.0. The molecule has 0 amide bonds. The molecule has 5 heterocycles.